The van der Waals surface area contributed by atoms with Crippen LogP contribution in [0.2, 0.25) is 0 Å². The Hall–Kier alpha value is -3.28. The summed E-state index contributed by atoms with van der Waals surface area (Å²) < 4.78 is 22.9. The van der Waals surface area contributed by atoms with Crippen molar-refractivity contribution in [1.82, 2.24) is 0 Å². The summed E-state index contributed by atoms with van der Waals surface area (Å²) in [6.45, 7) is 4.35. The van der Waals surface area contributed by atoms with Crippen LogP contribution >= 0.6 is 0 Å². The highest BCUT2D eigenvalue weighted by atomic mass is 16.6. The van der Waals surface area contributed by atoms with E-state index in [2.05, 4.69) is 0 Å². The Morgan fingerprint density at radius 3 is 2.55 bits per heavy atom. The van der Waals surface area contributed by atoms with Crippen LogP contribution in [0.15, 0.2) is 60.6 Å². The third-order valence-electron chi connectivity index (χ3n) is 5.60. The normalized spacial score (nSPS) is 22.6. The molecule has 0 bridgehead atoms. The van der Waals surface area contributed by atoms with Crippen molar-refractivity contribution in [3.05, 3.63) is 71.7 Å². The zero-order chi connectivity index (χ0) is 21.8. The number of Topliss-reactive ketones (excluding diaryl/α,β-unsaturated/α-hetero) is 1. The molecule has 2 aromatic rings. The van der Waals surface area contributed by atoms with Crippen molar-refractivity contribution in [3.63, 3.8) is 0 Å². The smallest absolute Gasteiger partial charge is 0.338 e. The molecule has 162 valence electrons. The van der Waals surface area contributed by atoms with E-state index in [1.54, 1.807) is 24.3 Å². The molecular weight excluding hydrogens is 396 g/mol. The Labute approximate surface area is 181 Å². The van der Waals surface area contributed by atoms with E-state index in [-0.39, 0.29) is 35.6 Å². The van der Waals surface area contributed by atoms with Crippen molar-refractivity contribution < 1.29 is 28.5 Å². The molecule has 0 spiro atoms. The average Bonchev–Trinajstić information content (AvgIpc) is 2.77. The lowest BCUT2D eigenvalue weighted by Crippen LogP contribution is -2.43. The molecule has 4 rings (SSSR count). The summed E-state index contributed by atoms with van der Waals surface area (Å²) in [6.07, 6.45) is 2.42. The highest BCUT2D eigenvalue weighted by molar-refractivity contribution is 5.96. The molecule has 0 amide bonds. The lowest BCUT2D eigenvalue weighted by molar-refractivity contribution is -0.132. The van der Waals surface area contributed by atoms with Gasteiger partial charge in [-0.05, 0) is 51.0 Å². The Morgan fingerprint density at radius 1 is 1.06 bits per heavy atom. The number of carbonyl (C=O) groups excluding carboxylic acids is 2. The number of benzene rings is 2. The summed E-state index contributed by atoms with van der Waals surface area (Å²) in [7, 11) is 0. The third-order valence-corrected chi connectivity index (χ3v) is 5.60. The first-order valence-corrected chi connectivity index (χ1v) is 10.6. The van der Waals surface area contributed by atoms with Crippen LogP contribution < -0.4 is 9.47 Å². The van der Waals surface area contributed by atoms with Crippen molar-refractivity contribution in [1.29, 1.82) is 0 Å². The molecule has 3 atom stereocenters. The molecule has 1 aliphatic carbocycles. The molecule has 2 aromatic carbocycles. The third kappa shape index (κ3) is 4.74. The molecule has 6 heteroatoms. The van der Waals surface area contributed by atoms with Gasteiger partial charge in [0, 0.05) is 6.42 Å². The van der Waals surface area contributed by atoms with Crippen LogP contribution in [0.4, 0.5) is 0 Å². The number of fused-ring (bicyclic) bond motifs is 1. The summed E-state index contributed by atoms with van der Waals surface area (Å²) >= 11 is 0. The van der Waals surface area contributed by atoms with Crippen molar-refractivity contribution in [2.75, 3.05) is 6.61 Å². The minimum absolute atomic E-state index is 0.0918. The van der Waals surface area contributed by atoms with Gasteiger partial charge in [0.25, 0.3) is 0 Å². The summed E-state index contributed by atoms with van der Waals surface area (Å²) in [5, 5.41) is 0. The molecule has 1 saturated carbocycles. The van der Waals surface area contributed by atoms with Gasteiger partial charge in [-0.15, -0.1) is 0 Å². The number of allylic oxidation sites excluding steroid dienone is 1. The Bertz CT molecular complexity index is 978. The van der Waals surface area contributed by atoms with E-state index < -0.39 is 0 Å². The maximum atomic E-state index is 13.0. The summed E-state index contributed by atoms with van der Waals surface area (Å²) in [6, 6.07) is 14.5. The summed E-state index contributed by atoms with van der Waals surface area (Å²) in [4.78, 5) is 25.4. The highest BCUT2D eigenvalue weighted by Gasteiger charge is 2.42. The van der Waals surface area contributed by atoms with Crippen LogP contribution in [0.1, 0.15) is 42.1 Å². The maximum Gasteiger partial charge on any atom is 0.338 e. The first-order valence-electron chi connectivity index (χ1n) is 10.6. The fourth-order valence-corrected chi connectivity index (χ4v) is 3.95. The van der Waals surface area contributed by atoms with Crippen LogP contribution in [0.3, 0.4) is 0 Å². The topological polar surface area (TPSA) is 71.1 Å². The number of aryl methyl sites for hydroxylation is 1. The number of esters is 1. The number of hydrogen-bond donors (Lipinski definition) is 0. The Morgan fingerprint density at radius 2 is 1.81 bits per heavy atom. The van der Waals surface area contributed by atoms with E-state index in [0.717, 1.165) is 5.56 Å². The van der Waals surface area contributed by atoms with Gasteiger partial charge in [-0.3, -0.25) is 4.79 Å². The van der Waals surface area contributed by atoms with Gasteiger partial charge in [0.2, 0.25) is 11.5 Å². The summed E-state index contributed by atoms with van der Waals surface area (Å²) in [5.41, 5.74) is 1.61. The molecule has 31 heavy (non-hydrogen) atoms. The average molecular weight is 422 g/mol. The largest absolute Gasteiger partial charge is 0.493 e. The molecule has 0 saturated heterocycles. The maximum absolute atomic E-state index is 13.0. The van der Waals surface area contributed by atoms with Crippen LogP contribution in [0, 0.1) is 12.8 Å². The van der Waals surface area contributed by atoms with Gasteiger partial charge < -0.3 is 18.9 Å². The predicted octanol–water partition coefficient (Wildman–Crippen LogP) is 4.61. The molecule has 2 aliphatic rings. The lowest BCUT2D eigenvalue weighted by Gasteiger charge is -2.36. The zero-order valence-electron chi connectivity index (χ0n) is 17.7. The predicted molar refractivity (Wildman–Crippen MR) is 114 cm³/mol. The second kappa shape index (κ2) is 9.25. The first-order chi connectivity index (χ1) is 15.0. The van der Waals surface area contributed by atoms with Gasteiger partial charge in [0.1, 0.15) is 18.5 Å². The molecule has 0 aromatic heterocycles. The van der Waals surface area contributed by atoms with Gasteiger partial charge >= 0.3 is 5.97 Å². The molecule has 6 nitrogen and oxygen atoms in total. The molecule has 0 radical (unpaired) electrons. The van der Waals surface area contributed by atoms with Crippen LogP contribution in [-0.4, -0.2) is 30.6 Å². The Kier molecular flexibility index (Phi) is 6.26. The number of carbonyl (C=O) groups is 2. The van der Waals surface area contributed by atoms with Crippen molar-refractivity contribution in [2.24, 2.45) is 5.92 Å². The first kappa shape index (κ1) is 21.0. The van der Waals surface area contributed by atoms with E-state index in [1.807, 2.05) is 38.1 Å². The number of rotatable bonds is 6. The molecule has 1 fully saturated rings. The lowest BCUT2D eigenvalue weighted by atomic mass is 9.80. The van der Waals surface area contributed by atoms with E-state index in [1.165, 1.54) is 6.26 Å². The number of ether oxygens (including phenoxy) is 4. The van der Waals surface area contributed by atoms with E-state index in [9.17, 15) is 9.59 Å². The van der Waals surface area contributed by atoms with Gasteiger partial charge in [0.15, 0.2) is 11.5 Å². The van der Waals surface area contributed by atoms with Gasteiger partial charge in [-0.1, -0.05) is 29.8 Å². The fraction of sp³-hybridized carbons (Fsp3) is 0.360. The van der Waals surface area contributed by atoms with E-state index in [4.69, 9.17) is 18.9 Å². The number of ketones is 1. The second-order valence-corrected chi connectivity index (χ2v) is 7.82. The van der Waals surface area contributed by atoms with Gasteiger partial charge in [-0.25, -0.2) is 4.79 Å². The minimum Gasteiger partial charge on any atom is -0.493 e. The fourth-order valence-electron chi connectivity index (χ4n) is 3.95. The molecular formula is C25H26O6. The SMILES string of the molecule is CCOc1ccccc1OC1=COC2CC(OC(=O)c3ccc(C)cc3)CCC2C1=O. The van der Waals surface area contributed by atoms with Gasteiger partial charge in [-0.2, -0.15) is 0 Å². The molecule has 1 heterocycles. The number of hydrogen-bond acceptors (Lipinski definition) is 6. The van der Waals surface area contributed by atoms with E-state index in [0.29, 0.717) is 42.9 Å². The highest BCUT2D eigenvalue weighted by Crippen LogP contribution is 2.36. The van der Waals surface area contributed by atoms with Crippen molar-refractivity contribution >= 4 is 11.8 Å². The summed E-state index contributed by atoms with van der Waals surface area (Å²) in [5.74, 6) is 0.472. The molecule has 1 aliphatic heterocycles. The molecule has 3 unspecified atom stereocenters. The minimum atomic E-state index is -0.349. The van der Waals surface area contributed by atoms with Crippen molar-refractivity contribution in [2.45, 2.75) is 45.3 Å². The van der Waals surface area contributed by atoms with Gasteiger partial charge in [0.05, 0.1) is 18.1 Å². The Balaban J connectivity index is 1.39. The van der Waals surface area contributed by atoms with Crippen molar-refractivity contribution in [3.8, 4) is 11.5 Å². The standard InChI is InChI=1S/C25H26O6/c1-3-28-20-6-4-5-7-21(20)31-23-15-29-22-14-18(12-13-19(22)24(23)26)30-25(27)17-10-8-16(2)9-11-17/h4-11,15,18-19,22H,3,12-14H2,1-2H3. The van der Waals surface area contributed by atoms with Crippen LogP contribution in [-0.2, 0) is 14.3 Å². The van der Waals surface area contributed by atoms with E-state index >= 15 is 0 Å². The molecule has 0 N–H and O–H groups in total. The number of para-hydroxylation sites is 2. The quantitative estimate of drug-likeness (QED) is 0.633. The van der Waals surface area contributed by atoms with Crippen LogP contribution in [0.5, 0.6) is 11.5 Å². The van der Waals surface area contributed by atoms with Crippen LogP contribution in [0.25, 0.3) is 0 Å². The monoisotopic (exact) mass is 422 g/mol. The second-order valence-electron chi connectivity index (χ2n) is 7.82. The zero-order valence-corrected chi connectivity index (χ0v) is 17.7.